The summed E-state index contributed by atoms with van der Waals surface area (Å²) in [5.74, 6) is 1.75. The Labute approximate surface area is 355 Å². The van der Waals surface area contributed by atoms with Crippen LogP contribution in [0.15, 0.2) is 199 Å². The minimum atomic E-state index is -0.0878. The molecule has 0 radical (unpaired) electrons. The summed E-state index contributed by atoms with van der Waals surface area (Å²) in [6, 6.07) is 63.6. The third-order valence-electron chi connectivity index (χ3n) is 12.4. The number of nitrogens with zero attached hydrogens (tertiary/aromatic N) is 4. The Balaban J connectivity index is 1.12. The van der Waals surface area contributed by atoms with Gasteiger partial charge in [0, 0.05) is 66.1 Å². The average Bonchev–Trinajstić information content (AvgIpc) is 4.02. The molecule has 0 saturated heterocycles. The first kappa shape index (κ1) is 34.1. The Morgan fingerprint density at radius 1 is 0.541 bits per heavy atom. The second kappa shape index (κ2) is 13.4. The van der Waals surface area contributed by atoms with Gasteiger partial charge < -0.3 is 9.88 Å². The average molecular weight is 798 g/mol. The lowest BCUT2D eigenvalue weighted by Crippen LogP contribution is -2.39. The molecule has 1 N–H and O–H groups in total. The van der Waals surface area contributed by atoms with Crippen molar-refractivity contribution >= 4 is 89.0 Å². The first-order chi connectivity index (χ1) is 30.3. The number of rotatable bonds is 5. The van der Waals surface area contributed by atoms with Gasteiger partial charge in [-0.1, -0.05) is 133 Å². The lowest BCUT2D eigenvalue weighted by atomic mass is 9.93. The summed E-state index contributed by atoms with van der Waals surface area (Å²) >= 11 is 1.84. The van der Waals surface area contributed by atoms with Crippen LogP contribution in [-0.2, 0) is 0 Å². The Kier molecular flexibility index (Phi) is 7.47. The Hall–Kier alpha value is -7.80. The van der Waals surface area contributed by atoms with E-state index in [1.807, 2.05) is 35.9 Å². The summed E-state index contributed by atoms with van der Waals surface area (Å²) in [6.07, 6.45) is 8.24. The largest absolute Gasteiger partial charge is 0.359 e. The Morgan fingerprint density at radius 2 is 1.28 bits per heavy atom. The number of amidine groups is 1. The molecule has 1 aliphatic heterocycles. The van der Waals surface area contributed by atoms with E-state index in [4.69, 9.17) is 4.99 Å². The van der Waals surface area contributed by atoms with Crippen molar-refractivity contribution in [1.82, 2.24) is 19.4 Å². The maximum atomic E-state index is 5.62. The molecule has 0 fully saturated rings. The van der Waals surface area contributed by atoms with Gasteiger partial charge in [0.1, 0.15) is 11.7 Å². The van der Waals surface area contributed by atoms with Crippen LogP contribution in [0.1, 0.15) is 16.0 Å². The van der Waals surface area contributed by atoms with E-state index >= 15 is 0 Å². The van der Waals surface area contributed by atoms with E-state index in [-0.39, 0.29) is 6.04 Å². The van der Waals surface area contributed by atoms with Crippen LogP contribution in [-0.4, -0.2) is 26.0 Å². The molecule has 7 aromatic carbocycles. The van der Waals surface area contributed by atoms with E-state index < -0.39 is 0 Å². The van der Waals surface area contributed by atoms with Crippen LogP contribution in [0.25, 0.3) is 99.1 Å². The van der Waals surface area contributed by atoms with Crippen LogP contribution in [0, 0.1) is 0 Å². The summed E-state index contributed by atoms with van der Waals surface area (Å²) in [7, 11) is 0. The van der Waals surface area contributed by atoms with Crippen molar-refractivity contribution in [2.24, 2.45) is 4.99 Å². The van der Waals surface area contributed by atoms with E-state index in [1.165, 1.54) is 80.9 Å². The summed E-state index contributed by atoms with van der Waals surface area (Å²) in [4.78, 5) is 12.4. The molecule has 5 nitrogen and oxygen atoms in total. The zero-order chi connectivity index (χ0) is 40.0. The molecule has 0 amide bonds. The summed E-state index contributed by atoms with van der Waals surface area (Å²) in [6.45, 7) is 0. The van der Waals surface area contributed by atoms with Crippen LogP contribution in [0.3, 0.4) is 0 Å². The quantitative estimate of drug-likeness (QED) is 0.189. The molecule has 61 heavy (non-hydrogen) atoms. The van der Waals surface area contributed by atoms with E-state index in [0.717, 1.165) is 33.9 Å². The van der Waals surface area contributed by atoms with Gasteiger partial charge in [-0.15, -0.1) is 11.3 Å². The van der Waals surface area contributed by atoms with Crippen LogP contribution in [0.5, 0.6) is 0 Å². The SMILES string of the molecule is C1=CC2NC(c3ccncc3)=NC(n3c4ccc(-c5cccc6c7ccccc7n(-c7ccccc7)c56)cc4c4c5ccccc5ccc43)=C2c2sc(-c3ccccc3)cc21. The molecule has 4 aromatic heterocycles. The third kappa shape index (κ3) is 5.19. The second-order valence-corrected chi connectivity index (χ2v) is 16.9. The molecule has 286 valence electrons. The van der Waals surface area contributed by atoms with Gasteiger partial charge >= 0.3 is 0 Å². The smallest absolute Gasteiger partial charge is 0.147 e. The van der Waals surface area contributed by atoms with Gasteiger partial charge in [-0.3, -0.25) is 9.55 Å². The number of aliphatic imine (C=N–C) groups is 1. The standard InChI is InChI=1S/C55H35N5S/c1-3-13-35(14-4-1)49-33-38-22-25-45-51(53(38)61-49)55(58-54(57-45)36-28-30-56-31-29-36)60-47-26-24-37(32-44(47)50-40-17-8-7-12-34(40)23-27-48(50)60)41-19-11-20-43-42-18-9-10-21-46(42)59(52(41)43)39-15-5-2-6-16-39/h1-33,45H,(H,57,58). The van der Waals surface area contributed by atoms with Gasteiger partial charge in [-0.05, 0) is 82.1 Å². The minimum absolute atomic E-state index is 0.0878. The molecule has 0 saturated carbocycles. The van der Waals surface area contributed by atoms with Crippen molar-refractivity contribution in [3.05, 3.63) is 210 Å². The topological polar surface area (TPSA) is 47.1 Å². The van der Waals surface area contributed by atoms with E-state index in [2.05, 4.69) is 195 Å². The van der Waals surface area contributed by atoms with Crippen molar-refractivity contribution < 1.29 is 0 Å². The fourth-order valence-electron chi connectivity index (χ4n) is 9.74. The van der Waals surface area contributed by atoms with Gasteiger partial charge in [0.15, 0.2) is 0 Å². The molecule has 6 heteroatoms. The molecule has 2 aliphatic rings. The van der Waals surface area contributed by atoms with Crippen LogP contribution in [0.4, 0.5) is 0 Å². The second-order valence-electron chi connectivity index (χ2n) is 15.8. The van der Waals surface area contributed by atoms with Crippen LogP contribution in [0.2, 0.25) is 0 Å². The summed E-state index contributed by atoms with van der Waals surface area (Å²) < 4.78 is 4.86. The van der Waals surface area contributed by atoms with Gasteiger partial charge in [0.2, 0.25) is 0 Å². The van der Waals surface area contributed by atoms with Gasteiger partial charge in [0.25, 0.3) is 0 Å². The number of hydrogen-bond acceptors (Lipinski definition) is 4. The highest BCUT2D eigenvalue weighted by molar-refractivity contribution is 7.17. The van der Waals surface area contributed by atoms with Gasteiger partial charge in [0.05, 0.1) is 28.1 Å². The molecule has 1 unspecified atom stereocenters. The highest BCUT2D eigenvalue weighted by atomic mass is 32.1. The monoisotopic (exact) mass is 797 g/mol. The summed E-state index contributed by atoms with van der Waals surface area (Å²) in [5, 5.41) is 11.1. The van der Waals surface area contributed by atoms with Crippen molar-refractivity contribution in [2.45, 2.75) is 6.04 Å². The predicted octanol–water partition coefficient (Wildman–Crippen LogP) is 13.6. The van der Waals surface area contributed by atoms with Crippen molar-refractivity contribution in [2.75, 3.05) is 0 Å². The maximum absolute atomic E-state index is 5.62. The molecular weight excluding hydrogens is 763 g/mol. The lowest BCUT2D eigenvalue weighted by molar-refractivity contribution is 0.875. The normalized spacial score (nSPS) is 14.8. The molecule has 1 atom stereocenters. The van der Waals surface area contributed by atoms with E-state index in [1.54, 1.807) is 0 Å². The fraction of sp³-hybridized carbons (Fsp3) is 0.0182. The number of thiophene rings is 1. The fourth-order valence-corrected chi connectivity index (χ4v) is 11.0. The van der Waals surface area contributed by atoms with Crippen LogP contribution < -0.4 is 5.32 Å². The lowest BCUT2D eigenvalue weighted by Gasteiger charge is -2.30. The third-order valence-corrected chi connectivity index (χ3v) is 13.7. The highest BCUT2D eigenvalue weighted by Gasteiger charge is 2.33. The zero-order valence-electron chi connectivity index (χ0n) is 32.8. The Bertz CT molecular complexity index is 3660. The molecule has 0 bridgehead atoms. The number of pyridine rings is 1. The van der Waals surface area contributed by atoms with E-state index in [0.29, 0.717) is 0 Å². The molecule has 5 heterocycles. The summed E-state index contributed by atoms with van der Waals surface area (Å²) in [5.41, 5.74) is 12.7. The molecule has 0 spiro atoms. The van der Waals surface area contributed by atoms with Crippen molar-refractivity contribution in [3.8, 4) is 27.3 Å². The minimum Gasteiger partial charge on any atom is -0.359 e. The first-order valence-electron chi connectivity index (χ1n) is 20.7. The van der Waals surface area contributed by atoms with Crippen molar-refractivity contribution in [1.29, 1.82) is 0 Å². The Morgan fingerprint density at radius 3 is 2.15 bits per heavy atom. The van der Waals surface area contributed by atoms with E-state index in [9.17, 15) is 0 Å². The number of hydrogen-bond donors (Lipinski definition) is 1. The first-order valence-corrected chi connectivity index (χ1v) is 21.5. The molecule has 13 rings (SSSR count). The van der Waals surface area contributed by atoms with Crippen molar-refractivity contribution in [3.63, 3.8) is 0 Å². The zero-order valence-corrected chi connectivity index (χ0v) is 33.6. The number of para-hydroxylation sites is 3. The predicted molar refractivity (Wildman–Crippen MR) is 256 cm³/mol. The van der Waals surface area contributed by atoms with Gasteiger partial charge in [-0.25, -0.2) is 4.99 Å². The van der Waals surface area contributed by atoms with Gasteiger partial charge in [-0.2, -0.15) is 0 Å². The molecule has 1 aliphatic carbocycles. The molecular formula is C55H35N5S. The number of benzene rings is 7. The van der Waals surface area contributed by atoms with Crippen LogP contribution >= 0.6 is 11.3 Å². The number of nitrogens with one attached hydrogen (secondary N) is 1. The molecule has 11 aromatic rings. The number of fused-ring (bicyclic) bond motifs is 11. The maximum Gasteiger partial charge on any atom is 0.147 e. The number of aromatic nitrogens is 3. The highest BCUT2D eigenvalue weighted by Crippen LogP contribution is 2.47.